The van der Waals surface area contributed by atoms with Gasteiger partial charge in [0.05, 0.1) is 0 Å². The Morgan fingerprint density at radius 2 is 0.338 bits per heavy atom. The van der Waals surface area contributed by atoms with Crippen molar-refractivity contribution in [3.63, 3.8) is 0 Å². The Labute approximate surface area is 450 Å². The van der Waals surface area contributed by atoms with Crippen molar-refractivity contribution >= 4 is 7.82 Å². The first-order chi connectivity index (χ1) is 38.1. The highest BCUT2D eigenvalue weighted by atomic mass is 31.2. The topological polar surface area (TPSA) is 44.8 Å². The fraction of sp³-hybridized carbons (Fsp3) is 0. The normalized spacial score (nSPS) is 11.2. The molecule has 12 aromatic carbocycles. The minimum Gasteiger partial charge on any atom is -0.385 e. The highest BCUT2D eigenvalue weighted by Gasteiger charge is 2.40. The first-order valence-electron chi connectivity index (χ1n) is 25.8. The fourth-order valence-electron chi connectivity index (χ4n) is 10.2. The van der Waals surface area contributed by atoms with Gasteiger partial charge in [-0.25, -0.2) is 0 Å². The summed E-state index contributed by atoms with van der Waals surface area (Å²) >= 11 is 0. The fourth-order valence-corrected chi connectivity index (χ4v) is 11.6. The number of hydrogen-bond acceptors (Lipinski definition) is 4. The molecule has 0 atom stereocenters. The quantitative estimate of drug-likeness (QED) is 0.0960. The Kier molecular flexibility index (Phi) is 13.8. The zero-order chi connectivity index (χ0) is 51.8. The summed E-state index contributed by atoms with van der Waals surface area (Å²) in [5, 5.41) is 0. The van der Waals surface area contributed by atoms with Gasteiger partial charge in [0.15, 0.2) is 0 Å². The lowest BCUT2D eigenvalue weighted by molar-refractivity contribution is 0.301. The van der Waals surface area contributed by atoms with E-state index in [0.29, 0.717) is 50.6 Å². The second-order valence-corrected chi connectivity index (χ2v) is 20.0. The molecule has 0 unspecified atom stereocenters. The van der Waals surface area contributed by atoms with Crippen LogP contribution >= 0.6 is 7.82 Å². The van der Waals surface area contributed by atoms with E-state index in [2.05, 4.69) is 72.8 Å². The molecular formula is C72H51O4P. The van der Waals surface area contributed by atoms with Crippen LogP contribution in [0.5, 0.6) is 17.2 Å². The van der Waals surface area contributed by atoms with Crippen LogP contribution in [-0.4, -0.2) is 0 Å². The third-order valence-corrected chi connectivity index (χ3v) is 15.0. The molecule has 0 amide bonds. The van der Waals surface area contributed by atoms with Crippen molar-refractivity contribution in [2.75, 3.05) is 0 Å². The average molecular weight is 1010 g/mol. The summed E-state index contributed by atoms with van der Waals surface area (Å²) in [5.41, 5.74) is 15.4. The highest BCUT2D eigenvalue weighted by Crippen LogP contribution is 2.60. The van der Waals surface area contributed by atoms with Crippen LogP contribution in [-0.2, 0) is 4.57 Å². The summed E-state index contributed by atoms with van der Waals surface area (Å²) in [6.07, 6.45) is 0. The lowest BCUT2D eigenvalue weighted by Crippen LogP contribution is -2.11. The number of hydrogen-bond donors (Lipinski definition) is 0. The van der Waals surface area contributed by atoms with Gasteiger partial charge in [0.1, 0.15) is 17.2 Å². The number of rotatable bonds is 15. The molecule has 0 saturated heterocycles. The van der Waals surface area contributed by atoms with Crippen LogP contribution in [0, 0.1) is 0 Å². The van der Waals surface area contributed by atoms with E-state index >= 15 is 4.57 Å². The van der Waals surface area contributed by atoms with E-state index < -0.39 is 7.82 Å². The lowest BCUT2D eigenvalue weighted by atomic mass is 9.91. The molecule has 0 N–H and O–H groups in total. The predicted octanol–water partition coefficient (Wildman–Crippen LogP) is 20.3. The van der Waals surface area contributed by atoms with E-state index in [9.17, 15) is 0 Å². The minimum atomic E-state index is -5.03. The Morgan fingerprint density at radius 1 is 0.169 bits per heavy atom. The van der Waals surface area contributed by atoms with Crippen LogP contribution < -0.4 is 13.6 Å². The molecule has 0 spiro atoms. The van der Waals surface area contributed by atoms with Crippen molar-refractivity contribution in [3.05, 3.63) is 309 Å². The van der Waals surface area contributed by atoms with E-state index in [1.807, 2.05) is 237 Å². The molecule has 0 fully saturated rings. The van der Waals surface area contributed by atoms with Crippen LogP contribution in [0.25, 0.3) is 100 Å². The van der Waals surface area contributed by atoms with Crippen LogP contribution in [0.1, 0.15) is 0 Å². The van der Waals surface area contributed by atoms with Gasteiger partial charge in [-0.05, 0) is 66.8 Å². The summed E-state index contributed by atoms with van der Waals surface area (Å²) in [4.78, 5) is 0. The molecule has 0 saturated carbocycles. The van der Waals surface area contributed by atoms with Crippen LogP contribution in [0.4, 0.5) is 0 Å². The van der Waals surface area contributed by atoms with E-state index in [1.54, 1.807) is 0 Å². The van der Waals surface area contributed by atoms with E-state index in [1.165, 1.54) is 0 Å². The third kappa shape index (κ3) is 10.1. The first-order valence-corrected chi connectivity index (χ1v) is 27.2. The Morgan fingerprint density at radius 3 is 0.571 bits per heavy atom. The average Bonchev–Trinajstić information content (AvgIpc) is 3.51. The van der Waals surface area contributed by atoms with E-state index in [0.717, 1.165) is 66.8 Å². The summed E-state index contributed by atoms with van der Waals surface area (Å²) in [7, 11) is -5.03. The monoisotopic (exact) mass is 1010 g/mol. The molecule has 12 aromatic rings. The Bertz CT molecular complexity index is 3600. The van der Waals surface area contributed by atoms with Gasteiger partial charge in [-0.15, -0.1) is 0 Å². The molecule has 4 nitrogen and oxygen atoms in total. The molecule has 0 aromatic heterocycles. The highest BCUT2D eigenvalue weighted by molar-refractivity contribution is 7.49. The van der Waals surface area contributed by atoms with Crippen molar-refractivity contribution < 1.29 is 18.1 Å². The molecule has 0 aliphatic heterocycles. The second kappa shape index (κ2) is 22.0. The smallest absolute Gasteiger partial charge is 0.385 e. The first kappa shape index (κ1) is 48.2. The SMILES string of the molecule is O=P(Oc1c(-c2ccccc2)cccc1-c1ccccc1-c1ccccc1)(Oc1c(-c2ccccc2)cccc1-c1ccccc1-c1ccccc1)Oc1c(-c2ccccc2)cccc1-c1ccccc1-c1ccccc1. The van der Waals surface area contributed by atoms with Gasteiger partial charge in [-0.2, -0.15) is 4.57 Å². The number of para-hydroxylation sites is 3. The summed E-state index contributed by atoms with van der Waals surface area (Å²) in [6, 6.07) is 104. The lowest BCUT2D eigenvalue weighted by Gasteiger charge is -2.27. The molecule has 0 radical (unpaired) electrons. The van der Waals surface area contributed by atoms with Crippen LogP contribution in [0.15, 0.2) is 309 Å². The molecular weight excluding hydrogens is 960 g/mol. The minimum absolute atomic E-state index is 0.331. The van der Waals surface area contributed by atoms with Gasteiger partial charge in [0.25, 0.3) is 0 Å². The van der Waals surface area contributed by atoms with E-state index in [-0.39, 0.29) is 0 Å². The molecule has 12 rings (SSSR count). The van der Waals surface area contributed by atoms with E-state index in [4.69, 9.17) is 13.6 Å². The van der Waals surface area contributed by atoms with Crippen molar-refractivity contribution in [1.82, 2.24) is 0 Å². The maximum absolute atomic E-state index is 17.6. The van der Waals surface area contributed by atoms with Crippen molar-refractivity contribution in [3.8, 4) is 117 Å². The summed E-state index contributed by atoms with van der Waals surface area (Å²) in [6.45, 7) is 0. The number of benzene rings is 12. The molecule has 368 valence electrons. The van der Waals surface area contributed by atoms with Crippen LogP contribution in [0.3, 0.4) is 0 Å². The number of phosphoric ester groups is 1. The van der Waals surface area contributed by atoms with Crippen molar-refractivity contribution in [2.45, 2.75) is 0 Å². The van der Waals surface area contributed by atoms with Gasteiger partial charge in [-0.3, -0.25) is 0 Å². The maximum Gasteiger partial charge on any atom is 0.647 e. The van der Waals surface area contributed by atoms with Gasteiger partial charge in [0, 0.05) is 33.4 Å². The van der Waals surface area contributed by atoms with Crippen molar-refractivity contribution in [2.24, 2.45) is 0 Å². The predicted molar refractivity (Wildman–Crippen MR) is 318 cm³/mol. The molecule has 77 heavy (non-hydrogen) atoms. The molecule has 0 bridgehead atoms. The second-order valence-electron chi connectivity index (χ2n) is 18.6. The standard InChI is InChI=1S/C72H51O4P/c73-77(74-70-61(55-34-13-4-14-35-55)46-25-49-67(70)64-43-22-19-40-58(64)52-28-7-1-8-29-52,75-71-62(56-36-15-5-16-37-56)47-26-50-68(71)65-44-23-20-41-59(65)53-30-9-2-10-31-53)76-72-63(57-38-17-6-18-39-57)48-27-51-69(72)66-45-24-21-42-60(66)54-32-11-3-12-33-54/h1-51H. The zero-order valence-electron chi connectivity index (χ0n) is 42.0. The molecule has 5 heteroatoms. The van der Waals surface area contributed by atoms with Gasteiger partial charge >= 0.3 is 7.82 Å². The summed E-state index contributed by atoms with van der Waals surface area (Å²) < 4.78 is 40.0. The summed E-state index contributed by atoms with van der Waals surface area (Å²) in [5.74, 6) is 0.992. The molecule has 0 aliphatic carbocycles. The zero-order valence-corrected chi connectivity index (χ0v) is 42.9. The molecule has 0 heterocycles. The molecule has 0 aliphatic rings. The Hall–Kier alpha value is -9.73. The van der Waals surface area contributed by atoms with Crippen molar-refractivity contribution in [1.29, 1.82) is 0 Å². The van der Waals surface area contributed by atoms with Gasteiger partial charge in [-0.1, -0.05) is 309 Å². The number of phosphoric acid groups is 1. The van der Waals surface area contributed by atoms with Crippen LogP contribution in [0.2, 0.25) is 0 Å². The Balaban J connectivity index is 1.15. The largest absolute Gasteiger partial charge is 0.647 e. The maximum atomic E-state index is 17.6. The van der Waals surface area contributed by atoms with Gasteiger partial charge in [0.2, 0.25) is 0 Å². The third-order valence-electron chi connectivity index (χ3n) is 13.8. The van der Waals surface area contributed by atoms with Gasteiger partial charge < -0.3 is 13.6 Å².